The van der Waals surface area contributed by atoms with Gasteiger partial charge in [0, 0.05) is 13.1 Å². The number of likely N-dealkylation sites (tertiary alicyclic amines) is 1. The van der Waals surface area contributed by atoms with Crippen LogP contribution in [0.1, 0.15) is 49.6 Å². The lowest BCUT2D eigenvalue weighted by Crippen LogP contribution is -2.40. The van der Waals surface area contributed by atoms with Gasteiger partial charge in [0.1, 0.15) is 17.1 Å². The van der Waals surface area contributed by atoms with Gasteiger partial charge in [0.15, 0.2) is 0 Å². The molecule has 1 saturated heterocycles. The van der Waals surface area contributed by atoms with Crippen LogP contribution >= 0.6 is 0 Å². The van der Waals surface area contributed by atoms with Crippen molar-refractivity contribution in [2.45, 2.75) is 51.7 Å². The SMILES string of the molecule is Cc1ccc(CC(=O)N2CCC(n3cc(C(C)(C)O)nn3)CC2)cc1F. The molecule has 0 radical (unpaired) electrons. The van der Waals surface area contributed by atoms with E-state index in [4.69, 9.17) is 0 Å². The maximum atomic E-state index is 13.6. The highest BCUT2D eigenvalue weighted by Gasteiger charge is 2.27. The second-order valence-corrected chi connectivity index (χ2v) is 7.52. The first-order chi connectivity index (χ1) is 12.2. The molecule has 0 bridgehead atoms. The maximum absolute atomic E-state index is 13.6. The number of carbonyl (C=O) groups excluding carboxylic acids is 1. The number of aromatic nitrogens is 3. The van der Waals surface area contributed by atoms with Crippen LogP contribution in [0.25, 0.3) is 0 Å². The molecule has 0 unspecified atom stereocenters. The average Bonchev–Trinajstić information content (AvgIpc) is 3.09. The third kappa shape index (κ3) is 4.09. The highest BCUT2D eigenvalue weighted by Crippen LogP contribution is 2.24. The highest BCUT2D eigenvalue weighted by atomic mass is 19.1. The van der Waals surface area contributed by atoms with Crippen molar-refractivity contribution in [3.63, 3.8) is 0 Å². The highest BCUT2D eigenvalue weighted by molar-refractivity contribution is 5.78. The molecule has 0 aliphatic carbocycles. The normalized spacial score (nSPS) is 16.1. The molecule has 1 aliphatic rings. The molecule has 1 N–H and O–H groups in total. The van der Waals surface area contributed by atoms with Gasteiger partial charge in [0.05, 0.1) is 18.7 Å². The van der Waals surface area contributed by atoms with E-state index in [0.29, 0.717) is 29.9 Å². The molecule has 7 heteroatoms. The number of amides is 1. The van der Waals surface area contributed by atoms with Gasteiger partial charge in [-0.3, -0.25) is 4.79 Å². The molecule has 1 aromatic heterocycles. The van der Waals surface area contributed by atoms with E-state index in [0.717, 1.165) is 12.8 Å². The summed E-state index contributed by atoms with van der Waals surface area (Å²) in [7, 11) is 0. The number of aryl methyl sites for hydroxylation is 1. The van der Waals surface area contributed by atoms with Crippen LogP contribution < -0.4 is 0 Å². The number of halogens is 1. The van der Waals surface area contributed by atoms with Crippen molar-refractivity contribution in [3.8, 4) is 0 Å². The lowest BCUT2D eigenvalue weighted by Gasteiger charge is -2.32. The maximum Gasteiger partial charge on any atom is 0.226 e. The Morgan fingerprint density at radius 2 is 2.04 bits per heavy atom. The molecular formula is C19H25FN4O2. The van der Waals surface area contributed by atoms with Crippen LogP contribution in [0.5, 0.6) is 0 Å². The second-order valence-electron chi connectivity index (χ2n) is 7.52. The minimum atomic E-state index is -1.02. The smallest absolute Gasteiger partial charge is 0.226 e. The Morgan fingerprint density at radius 3 is 2.62 bits per heavy atom. The number of nitrogens with zero attached hydrogens (tertiary/aromatic N) is 4. The minimum Gasteiger partial charge on any atom is -0.384 e. The van der Waals surface area contributed by atoms with Crippen LogP contribution in [-0.2, 0) is 16.8 Å². The Bertz CT molecular complexity index is 789. The molecule has 1 amide bonds. The van der Waals surface area contributed by atoms with Gasteiger partial charge in [-0.25, -0.2) is 9.07 Å². The first-order valence-electron chi connectivity index (χ1n) is 8.91. The molecule has 0 spiro atoms. The van der Waals surface area contributed by atoms with Gasteiger partial charge in [-0.15, -0.1) is 5.10 Å². The molecule has 1 aromatic carbocycles. The van der Waals surface area contributed by atoms with Gasteiger partial charge < -0.3 is 10.0 Å². The first-order valence-corrected chi connectivity index (χ1v) is 8.91. The van der Waals surface area contributed by atoms with Crippen LogP contribution in [0, 0.1) is 12.7 Å². The predicted molar refractivity (Wildman–Crippen MR) is 95.0 cm³/mol. The summed E-state index contributed by atoms with van der Waals surface area (Å²) in [5, 5.41) is 18.2. The predicted octanol–water partition coefficient (Wildman–Crippen LogP) is 2.36. The lowest BCUT2D eigenvalue weighted by molar-refractivity contribution is -0.131. The summed E-state index contributed by atoms with van der Waals surface area (Å²) in [5.74, 6) is -0.259. The summed E-state index contributed by atoms with van der Waals surface area (Å²) < 4.78 is 15.4. The summed E-state index contributed by atoms with van der Waals surface area (Å²) in [4.78, 5) is 14.3. The number of rotatable bonds is 4. The van der Waals surface area contributed by atoms with Crippen molar-refractivity contribution in [1.82, 2.24) is 19.9 Å². The molecule has 26 heavy (non-hydrogen) atoms. The second kappa shape index (κ2) is 7.15. The Labute approximate surface area is 152 Å². The van der Waals surface area contributed by atoms with Crippen molar-refractivity contribution in [2.75, 3.05) is 13.1 Å². The monoisotopic (exact) mass is 360 g/mol. The molecule has 0 saturated carbocycles. The fraction of sp³-hybridized carbons (Fsp3) is 0.526. The molecule has 6 nitrogen and oxygen atoms in total. The van der Waals surface area contributed by atoms with E-state index >= 15 is 0 Å². The van der Waals surface area contributed by atoms with Crippen molar-refractivity contribution in [2.24, 2.45) is 0 Å². The van der Waals surface area contributed by atoms with E-state index in [-0.39, 0.29) is 24.2 Å². The number of hydrogen-bond donors (Lipinski definition) is 1. The fourth-order valence-corrected chi connectivity index (χ4v) is 3.15. The van der Waals surface area contributed by atoms with E-state index in [1.165, 1.54) is 6.07 Å². The van der Waals surface area contributed by atoms with Crippen molar-refractivity contribution >= 4 is 5.91 Å². The number of benzene rings is 1. The van der Waals surface area contributed by atoms with Gasteiger partial charge in [-0.05, 0) is 50.8 Å². The zero-order valence-corrected chi connectivity index (χ0v) is 15.4. The summed E-state index contributed by atoms with van der Waals surface area (Å²) in [6.07, 6.45) is 3.55. The number of carbonyl (C=O) groups is 1. The van der Waals surface area contributed by atoms with Crippen LogP contribution in [0.3, 0.4) is 0 Å². The van der Waals surface area contributed by atoms with Crippen molar-refractivity contribution in [3.05, 3.63) is 47.0 Å². The van der Waals surface area contributed by atoms with E-state index in [1.54, 1.807) is 43.8 Å². The zero-order valence-electron chi connectivity index (χ0n) is 15.4. The molecule has 0 atom stereocenters. The third-order valence-electron chi connectivity index (χ3n) is 4.92. The standard InChI is InChI=1S/C19H25FN4O2/c1-13-4-5-14(10-16(13)20)11-18(25)23-8-6-15(7-9-23)24-12-17(21-22-24)19(2,3)26/h4-5,10,12,15,26H,6-9,11H2,1-3H3. The van der Waals surface area contributed by atoms with Crippen molar-refractivity contribution < 1.29 is 14.3 Å². The van der Waals surface area contributed by atoms with Gasteiger partial charge in [-0.2, -0.15) is 0 Å². The van der Waals surface area contributed by atoms with Gasteiger partial charge in [0.25, 0.3) is 0 Å². The number of hydrogen-bond acceptors (Lipinski definition) is 4. The molecular weight excluding hydrogens is 335 g/mol. The summed E-state index contributed by atoms with van der Waals surface area (Å²) >= 11 is 0. The van der Waals surface area contributed by atoms with E-state index in [2.05, 4.69) is 10.3 Å². The van der Waals surface area contributed by atoms with Crippen LogP contribution in [0.4, 0.5) is 4.39 Å². The molecule has 140 valence electrons. The topological polar surface area (TPSA) is 71.2 Å². The largest absolute Gasteiger partial charge is 0.384 e. The fourth-order valence-electron chi connectivity index (χ4n) is 3.15. The van der Waals surface area contributed by atoms with Crippen LogP contribution in [-0.4, -0.2) is 44.0 Å². The number of piperidine rings is 1. The summed E-state index contributed by atoms with van der Waals surface area (Å²) in [6, 6.07) is 5.11. The average molecular weight is 360 g/mol. The first kappa shape index (κ1) is 18.5. The van der Waals surface area contributed by atoms with Gasteiger partial charge in [0.2, 0.25) is 5.91 Å². The number of aliphatic hydroxyl groups is 1. The quantitative estimate of drug-likeness (QED) is 0.909. The van der Waals surface area contributed by atoms with E-state index in [9.17, 15) is 14.3 Å². The zero-order chi connectivity index (χ0) is 18.9. The third-order valence-corrected chi connectivity index (χ3v) is 4.92. The van der Waals surface area contributed by atoms with E-state index < -0.39 is 5.60 Å². The Hall–Kier alpha value is -2.28. The van der Waals surface area contributed by atoms with E-state index in [1.807, 2.05) is 4.90 Å². The Kier molecular flexibility index (Phi) is 5.09. The minimum absolute atomic E-state index is 0.0162. The molecule has 1 aliphatic heterocycles. The molecule has 2 heterocycles. The van der Waals surface area contributed by atoms with Gasteiger partial charge in [-0.1, -0.05) is 17.3 Å². The van der Waals surface area contributed by atoms with Crippen LogP contribution in [0.15, 0.2) is 24.4 Å². The van der Waals surface area contributed by atoms with Gasteiger partial charge >= 0.3 is 0 Å². The molecule has 3 rings (SSSR count). The summed E-state index contributed by atoms with van der Waals surface area (Å²) in [5.41, 5.74) is 0.807. The molecule has 1 fully saturated rings. The van der Waals surface area contributed by atoms with Crippen LogP contribution in [0.2, 0.25) is 0 Å². The summed E-state index contributed by atoms with van der Waals surface area (Å²) in [6.45, 7) is 6.33. The lowest BCUT2D eigenvalue weighted by atomic mass is 10.0. The van der Waals surface area contributed by atoms with Crippen molar-refractivity contribution in [1.29, 1.82) is 0 Å². The Balaban J connectivity index is 1.57. The Morgan fingerprint density at radius 1 is 1.35 bits per heavy atom. The molecule has 2 aromatic rings.